The summed E-state index contributed by atoms with van der Waals surface area (Å²) in [5, 5.41) is 0. The lowest BCUT2D eigenvalue weighted by atomic mass is 9.97. The Balaban J connectivity index is 1.72. The number of rotatable bonds is 6. The highest BCUT2D eigenvalue weighted by Crippen LogP contribution is 2.31. The summed E-state index contributed by atoms with van der Waals surface area (Å²) < 4.78 is 28.0. The predicted molar refractivity (Wildman–Crippen MR) is 137 cm³/mol. The Morgan fingerprint density at radius 3 is 2.69 bits per heavy atom. The van der Waals surface area contributed by atoms with Crippen molar-refractivity contribution >= 4 is 5.57 Å². The molecule has 0 fully saturated rings. The summed E-state index contributed by atoms with van der Waals surface area (Å²) in [6.45, 7) is 9.37. The molecule has 0 amide bonds. The molecule has 0 bridgehead atoms. The third-order valence-electron chi connectivity index (χ3n) is 6.77. The van der Waals surface area contributed by atoms with E-state index in [2.05, 4.69) is 33.9 Å². The minimum atomic E-state index is -2.80. The molecule has 0 unspecified atom stereocenters. The Hall–Kier alpha value is -3.68. The van der Waals surface area contributed by atoms with Gasteiger partial charge in [0, 0.05) is 68.2 Å². The molecule has 0 aromatic carbocycles. The lowest BCUT2D eigenvalue weighted by Crippen LogP contribution is -2.31. The maximum atomic E-state index is 13.4. The van der Waals surface area contributed by atoms with E-state index in [-0.39, 0.29) is 5.82 Å². The third kappa shape index (κ3) is 4.98. The number of allylic oxidation sites excluding steroid dienone is 3. The first-order valence-electron chi connectivity index (χ1n) is 12.1. The smallest absolute Gasteiger partial charge is 0.280 e. The van der Waals surface area contributed by atoms with E-state index in [1.165, 1.54) is 4.57 Å². The van der Waals surface area contributed by atoms with Crippen LogP contribution < -0.4 is 5.56 Å². The van der Waals surface area contributed by atoms with Crippen LogP contribution in [0.2, 0.25) is 0 Å². The Bertz CT molecular complexity index is 1410. The van der Waals surface area contributed by atoms with E-state index in [9.17, 15) is 13.6 Å². The van der Waals surface area contributed by atoms with Crippen molar-refractivity contribution < 1.29 is 8.78 Å². The number of halogens is 2. The maximum Gasteiger partial charge on any atom is 0.280 e. The SMILES string of the molecule is CC/C=C(/C(C)=C(/C)c1nc(C(F)F)cc(=O)n1C)N1CCc2ncc(-c3ccncc3C)cc2C1. The van der Waals surface area contributed by atoms with E-state index >= 15 is 0 Å². The second-order valence-electron chi connectivity index (χ2n) is 9.14. The van der Waals surface area contributed by atoms with Crippen molar-refractivity contribution in [2.75, 3.05) is 6.54 Å². The van der Waals surface area contributed by atoms with Gasteiger partial charge in [-0.15, -0.1) is 0 Å². The molecule has 1 aliphatic heterocycles. The van der Waals surface area contributed by atoms with Crippen molar-refractivity contribution in [3.8, 4) is 11.1 Å². The zero-order valence-corrected chi connectivity index (χ0v) is 21.3. The molecule has 0 N–H and O–H groups in total. The molecule has 188 valence electrons. The van der Waals surface area contributed by atoms with Crippen LogP contribution in [0.3, 0.4) is 0 Å². The fourth-order valence-electron chi connectivity index (χ4n) is 4.65. The third-order valence-corrected chi connectivity index (χ3v) is 6.77. The van der Waals surface area contributed by atoms with Gasteiger partial charge in [0.05, 0.1) is 0 Å². The topological polar surface area (TPSA) is 63.9 Å². The number of pyridine rings is 2. The van der Waals surface area contributed by atoms with Gasteiger partial charge in [-0.05, 0) is 67.2 Å². The summed E-state index contributed by atoms with van der Waals surface area (Å²) in [5.41, 5.74) is 7.13. The van der Waals surface area contributed by atoms with Crippen LogP contribution in [0, 0.1) is 6.92 Å². The average Bonchev–Trinajstić information content (AvgIpc) is 2.87. The van der Waals surface area contributed by atoms with Crippen LogP contribution in [0.15, 0.2) is 58.9 Å². The van der Waals surface area contributed by atoms with Crippen molar-refractivity contribution in [2.45, 2.75) is 53.5 Å². The van der Waals surface area contributed by atoms with Gasteiger partial charge in [0.15, 0.2) is 0 Å². The highest BCUT2D eigenvalue weighted by molar-refractivity contribution is 5.67. The summed E-state index contributed by atoms with van der Waals surface area (Å²) in [7, 11) is 1.56. The number of nitrogens with zero attached hydrogens (tertiary/aromatic N) is 5. The highest BCUT2D eigenvalue weighted by atomic mass is 19.3. The molecule has 4 rings (SSSR count). The quantitative estimate of drug-likeness (QED) is 0.418. The molecule has 4 heterocycles. The molecule has 3 aromatic rings. The van der Waals surface area contributed by atoms with Crippen LogP contribution in [0.1, 0.15) is 62.0 Å². The van der Waals surface area contributed by atoms with Crippen LogP contribution in [-0.2, 0) is 20.0 Å². The van der Waals surface area contributed by atoms with E-state index in [0.717, 1.165) is 64.7 Å². The van der Waals surface area contributed by atoms with Crippen LogP contribution in [0.5, 0.6) is 0 Å². The van der Waals surface area contributed by atoms with Crippen LogP contribution >= 0.6 is 0 Å². The van der Waals surface area contributed by atoms with Gasteiger partial charge in [-0.2, -0.15) is 0 Å². The van der Waals surface area contributed by atoms with Crippen molar-refractivity contribution in [1.82, 2.24) is 24.4 Å². The van der Waals surface area contributed by atoms with Gasteiger partial charge >= 0.3 is 0 Å². The Morgan fingerprint density at radius 1 is 1.22 bits per heavy atom. The van der Waals surface area contributed by atoms with E-state index in [4.69, 9.17) is 4.98 Å². The minimum Gasteiger partial charge on any atom is -0.367 e. The van der Waals surface area contributed by atoms with E-state index in [1.807, 2.05) is 39.2 Å². The standard InChI is InChI=1S/C28H31F2N5O/c1-6-7-25(18(3)19(4)28-33-24(27(29)30)13-26(36)34(28)5)35-11-9-23-21(16-35)12-20(15-32-23)22-8-10-31-14-17(22)2/h7-8,10,12-15,27H,6,9,11,16H2,1-5H3/b19-18-,25-7-. The number of fused-ring (bicyclic) bond motifs is 1. The van der Waals surface area contributed by atoms with Crippen molar-refractivity contribution in [1.29, 1.82) is 0 Å². The average molecular weight is 492 g/mol. The summed E-state index contributed by atoms with van der Waals surface area (Å²) in [5.74, 6) is 0.256. The second kappa shape index (κ2) is 10.5. The van der Waals surface area contributed by atoms with Gasteiger partial charge in [0.2, 0.25) is 0 Å². The molecule has 36 heavy (non-hydrogen) atoms. The number of aryl methyl sites for hydroxylation is 1. The number of hydrogen-bond donors (Lipinski definition) is 0. The van der Waals surface area contributed by atoms with Crippen LogP contribution in [0.25, 0.3) is 16.7 Å². The lowest BCUT2D eigenvalue weighted by Gasteiger charge is -2.33. The lowest BCUT2D eigenvalue weighted by molar-refractivity contribution is 0.145. The Kier molecular flexibility index (Phi) is 7.43. The van der Waals surface area contributed by atoms with Crippen LogP contribution in [0.4, 0.5) is 8.78 Å². The maximum absolute atomic E-state index is 13.4. The number of alkyl halides is 2. The molecule has 0 radical (unpaired) electrons. The summed E-state index contributed by atoms with van der Waals surface area (Å²) in [6, 6.07) is 5.10. The van der Waals surface area contributed by atoms with E-state index < -0.39 is 17.7 Å². The molecule has 0 aliphatic carbocycles. The summed E-state index contributed by atoms with van der Waals surface area (Å²) in [4.78, 5) is 27.7. The van der Waals surface area contributed by atoms with Gasteiger partial charge in [-0.3, -0.25) is 19.3 Å². The molecular formula is C28H31F2N5O. The molecule has 6 nitrogen and oxygen atoms in total. The van der Waals surface area contributed by atoms with Crippen molar-refractivity contribution in [3.05, 3.63) is 92.8 Å². The Morgan fingerprint density at radius 2 is 2.00 bits per heavy atom. The summed E-state index contributed by atoms with van der Waals surface area (Å²) >= 11 is 0. The summed E-state index contributed by atoms with van der Waals surface area (Å²) in [6.07, 6.45) is 6.51. The largest absolute Gasteiger partial charge is 0.367 e. The molecule has 1 aliphatic rings. The van der Waals surface area contributed by atoms with Gasteiger partial charge in [-0.25, -0.2) is 13.8 Å². The predicted octanol–water partition coefficient (Wildman–Crippen LogP) is 5.63. The van der Waals surface area contributed by atoms with Gasteiger partial charge in [0.1, 0.15) is 11.5 Å². The molecule has 8 heteroatoms. The van der Waals surface area contributed by atoms with Gasteiger partial charge in [-0.1, -0.05) is 13.0 Å². The number of aromatic nitrogens is 4. The molecule has 0 atom stereocenters. The van der Waals surface area contributed by atoms with E-state index in [0.29, 0.717) is 12.1 Å². The molecule has 0 spiro atoms. The molecule has 0 saturated heterocycles. The minimum absolute atomic E-state index is 0.256. The zero-order chi connectivity index (χ0) is 26.0. The zero-order valence-electron chi connectivity index (χ0n) is 21.3. The monoisotopic (exact) mass is 491 g/mol. The highest BCUT2D eigenvalue weighted by Gasteiger charge is 2.23. The number of hydrogen-bond acceptors (Lipinski definition) is 5. The van der Waals surface area contributed by atoms with E-state index in [1.54, 1.807) is 13.2 Å². The molecular weight excluding hydrogens is 460 g/mol. The molecule has 0 saturated carbocycles. The van der Waals surface area contributed by atoms with Gasteiger partial charge < -0.3 is 4.90 Å². The first kappa shape index (κ1) is 25.4. The normalized spacial score (nSPS) is 14.7. The van der Waals surface area contributed by atoms with Crippen molar-refractivity contribution in [2.24, 2.45) is 7.05 Å². The van der Waals surface area contributed by atoms with Crippen molar-refractivity contribution in [3.63, 3.8) is 0 Å². The second-order valence-corrected chi connectivity index (χ2v) is 9.14. The fourth-order valence-corrected chi connectivity index (χ4v) is 4.65. The first-order chi connectivity index (χ1) is 17.2. The Labute approximate surface area is 210 Å². The molecule has 3 aromatic heterocycles. The van der Waals surface area contributed by atoms with Crippen LogP contribution in [-0.4, -0.2) is 31.0 Å². The fraction of sp³-hybridized carbons (Fsp3) is 0.357. The first-order valence-corrected chi connectivity index (χ1v) is 12.1. The van der Waals surface area contributed by atoms with Gasteiger partial charge in [0.25, 0.3) is 12.0 Å².